The van der Waals surface area contributed by atoms with E-state index < -0.39 is 29.3 Å². The lowest BCUT2D eigenvalue weighted by molar-refractivity contribution is 0.178. The Hall–Kier alpha value is -3.01. The minimum Gasteiger partial charge on any atom is -0.393 e. The van der Waals surface area contributed by atoms with Gasteiger partial charge in [0, 0.05) is 6.54 Å². The van der Waals surface area contributed by atoms with Gasteiger partial charge in [0.05, 0.1) is 30.2 Å². The number of benzene rings is 1. The number of aryl methyl sites for hydroxylation is 2. The predicted molar refractivity (Wildman–Crippen MR) is 107 cm³/mol. The fraction of sp³-hybridized carbons (Fsp3) is 0.526. The predicted octanol–water partition coefficient (Wildman–Crippen LogP) is 1.44. The first-order valence-corrected chi connectivity index (χ1v) is 9.52. The molecule has 0 aliphatic heterocycles. The summed E-state index contributed by atoms with van der Waals surface area (Å²) in [5.41, 5.74) is 0.273. The Bertz CT molecular complexity index is 1070. The molecule has 2 aromatic heterocycles. The van der Waals surface area contributed by atoms with E-state index in [2.05, 4.69) is 20.7 Å². The zero-order valence-electron chi connectivity index (χ0n) is 17.3. The third-order valence-electron chi connectivity index (χ3n) is 4.73. The lowest BCUT2D eigenvalue weighted by atomic mass is 9.86. The quantitative estimate of drug-likeness (QED) is 0.668. The first kappa shape index (κ1) is 20.7. The smallest absolute Gasteiger partial charge is 0.337 e. The number of carbonyl (C=O) groups is 1. The standard InChI is InChI=1S/C19H27N7O3/c1-12(27)10-11-25-13-8-6-7-9-14(13)26(18(25)29)17(28)20-15(19(2,3)4)16-21-23-24(5)22-16/h6-9,12,15,27H,10-11H2,1-5H3,(H,20,28)/t12?,15-/m1/s1. The van der Waals surface area contributed by atoms with E-state index in [9.17, 15) is 14.7 Å². The fourth-order valence-electron chi connectivity index (χ4n) is 3.21. The molecule has 0 saturated carbocycles. The van der Waals surface area contributed by atoms with Gasteiger partial charge in [0.25, 0.3) is 0 Å². The Balaban J connectivity index is 2.02. The molecule has 1 aromatic carbocycles. The molecule has 0 aliphatic carbocycles. The molecule has 0 aliphatic rings. The second kappa shape index (κ2) is 7.78. The lowest BCUT2D eigenvalue weighted by Crippen LogP contribution is -2.43. The number of nitrogens with zero attached hydrogens (tertiary/aromatic N) is 6. The summed E-state index contributed by atoms with van der Waals surface area (Å²) in [5.74, 6) is 0.374. The molecule has 0 fully saturated rings. The van der Waals surface area contributed by atoms with Gasteiger partial charge in [-0.3, -0.25) is 4.57 Å². The van der Waals surface area contributed by atoms with Gasteiger partial charge < -0.3 is 10.4 Å². The van der Waals surface area contributed by atoms with Crippen LogP contribution in [0.2, 0.25) is 0 Å². The molecule has 0 spiro atoms. The van der Waals surface area contributed by atoms with Gasteiger partial charge in [-0.25, -0.2) is 14.2 Å². The normalized spacial score (nSPS) is 14.1. The van der Waals surface area contributed by atoms with Gasteiger partial charge in [-0.05, 0) is 36.1 Å². The molecule has 10 heteroatoms. The second-order valence-electron chi connectivity index (χ2n) is 8.28. The van der Waals surface area contributed by atoms with Crippen LogP contribution in [0, 0.1) is 5.41 Å². The molecule has 29 heavy (non-hydrogen) atoms. The van der Waals surface area contributed by atoms with Crippen molar-refractivity contribution in [1.29, 1.82) is 0 Å². The van der Waals surface area contributed by atoms with Crippen molar-refractivity contribution in [2.75, 3.05) is 0 Å². The Kier molecular flexibility index (Phi) is 5.56. The Morgan fingerprint density at radius 3 is 2.45 bits per heavy atom. The number of fused-ring (bicyclic) bond motifs is 1. The van der Waals surface area contributed by atoms with Crippen molar-refractivity contribution < 1.29 is 9.90 Å². The van der Waals surface area contributed by atoms with E-state index in [0.717, 1.165) is 4.57 Å². The van der Waals surface area contributed by atoms with Crippen LogP contribution in [-0.2, 0) is 13.6 Å². The van der Waals surface area contributed by atoms with Crippen LogP contribution in [-0.4, -0.2) is 46.6 Å². The maximum Gasteiger partial charge on any atom is 0.337 e. The monoisotopic (exact) mass is 401 g/mol. The van der Waals surface area contributed by atoms with Crippen molar-refractivity contribution in [3.05, 3.63) is 40.6 Å². The molecule has 2 atom stereocenters. The van der Waals surface area contributed by atoms with Crippen LogP contribution in [0.15, 0.2) is 29.1 Å². The number of imidazole rings is 1. The highest BCUT2D eigenvalue weighted by Gasteiger charge is 2.33. The highest BCUT2D eigenvalue weighted by Crippen LogP contribution is 2.30. The van der Waals surface area contributed by atoms with E-state index in [0.29, 0.717) is 29.8 Å². The van der Waals surface area contributed by atoms with E-state index in [1.54, 1.807) is 32.2 Å². The Morgan fingerprint density at radius 1 is 1.24 bits per heavy atom. The second-order valence-corrected chi connectivity index (χ2v) is 8.28. The maximum atomic E-state index is 13.2. The van der Waals surface area contributed by atoms with Crippen LogP contribution in [0.1, 0.15) is 46.0 Å². The first-order valence-electron chi connectivity index (χ1n) is 9.52. The Labute approximate surface area is 168 Å². The fourth-order valence-corrected chi connectivity index (χ4v) is 3.21. The van der Waals surface area contributed by atoms with E-state index in [4.69, 9.17) is 0 Å². The number of amides is 1. The largest absolute Gasteiger partial charge is 0.393 e. The summed E-state index contributed by atoms with van der Waals surface area (Å²) in [6, 6.07) is 5.99. The van der Waals surface area contributed by atoms with Gasteiger partial charge >= 0.3 is 11.7 Å². The minimum absolute atomic E-state index is 0.311. The number of aliphatic hydroxyl groups is 1. The number of hydrogen-bond acceptors (Lipinski definition) is 6. The van der Waals surface area contributed by atoms with Gasteiger partial charge in [-0.2, -0.15) is 4.80 Å². The summed E-state index contributed by atoms with van der Waals surface area (Å²) in [5, 5.41) is 24.6. The third kappa shape index (κ3) is 4.21. The van der Waals surface area contributed by atoms with E-state index >= 15 is 0 Å². The maximum absolute atomic E-state index is 13.2. The van der Waals surface area contributed by atoms with Crippen LogP contribution in [0.5, 0.6) is 0 Å². The molecule has 0 radical (unpaired) electrons. The van der Waals surface area contributed by atoms with Crippen molar-refractivity contribution in [1.82, 2.24) is 34.7 Å². The molecular formula is C19H27N7O3. The SMILES string of the molecule is CC(O)CCn1c(=O)n(C(=O)N[C@H](c2nnn(C)n2)C(C)(C)C)c2ccccc21. The van der Waals surface area contributed by atoms with E-state index in [-0.39, 0.29) is 0 Å². The summed E-state index contributed by atoms with van der Waals surface area (Å²) in [4.78, 5) is 27.6. The van der Waals surface area contributed by atoms with Crippen LogP contribution in [0.4, 0.5) is 4.79 Å². The number of rotatable bonds is 5. The summed E-state index contributed by atoms with van der Waals surface area (Å²) in [6.07, 6.45) is -0.144. The average Bonchev–Trinajstić information content (AvgIpc) is 3.17. The van der Waals surface area contributed by atoms with Crippen LogP contribution in [0.25, 0.3) is 11.0 Å². The third-order valence-corrected chi connectivity index (χ3v) is 4.73. The van der Waals surface area contributed by atoms with Crippen LogP contribution in [0.3, 0.4) is 0 Å². The van der Waals surface area contributed by atoms with Crippen molar-refractivity contribution in [2.24, 2.45) is 12.5 Å². The molecule has 0 bridgehead atoms. The van der Waals surface area contributed by atoms with Gasteiger partial charge in [0.2, 0.25) is 0 Å². The summed E-state index contributed by atoms with van der Waals surface area (Å²) in [6.45, 7) is 7.82. The molecule has 10 nitrogen and oxygen atoms in total. The number of hydrogen-bond donors (Lipinski definition) is 2. The summed E-state index contributed by atoms with van der Waals surface area (Å²) >= 11 is 0. The van der Waals surface area contributed by atoms with Gasteiger partial charge in [-0.15, -0.1) is 10.2 Å². The number of aromatic nitrogens is 6. The number of para-hydroxylation sites is 2. The van der Waals surface area contributed by atoms with E-state index in [1.807, 2.05) is 26.8 Å². The summed E-state index contributed by atoms with van der Waals surface area (Å²) < 4.78 is 2.63. The van der Waals surface area contributed by atoms with Gasteiger partial charge in [0.1, 0.15) is 0 Å². The first-order chi connectivity index (χ1) is 13.6. The molecule has 3 rings (SSSR count). The van der Waals surface area contributed by atoms with E-state index in [1.165, 1.54) is 9.36 Å². The zero-order chi connectivity index (χ0) is 21.3. The molecule has 3 aromatic rings. The summed E-state index contributed by atoms with van der Waals surface area (Å²) in [7, 11) is 1.65. The Morgan fingerprint density at radius 2 is 1.90 bits per heavy atom. The van der Waals surface area contributed by atoms with Crippen LogP contribution < -0.4 is 11.0 Å². The zero-order valence-corrected chi connectivity index (χ0v) is 17.3. The minimum atomic E-state index is -0.561. The molecule has 1 unspecified atom stereocenters. The molecule has 156 valence electrons. The number of tetrazole rings is 1. The molecule has 1 amide bonds. The molecule has 2 N–H and O–H groups in total. The molecule has 0 saturated heterocycles. The average molecular weight is 401 g/mol. The van der Waals surface area contributed by atoms with Crippen LogP contribution >= 0.6 is 0 Å². The van der Waals surface area contributed by atoms with Gasteiger partial charge in [-0.1, -0.05) is 32.9 Å². The topological polar surface area (TPSA) is 120 Å². The lowest BCUT2D eigenvalue weighted by Gasteiger charge is -2.28. The van der Waals surface area contributed by atoms with Gasteiger partial charge in [0.15, 0.2) is 5.82 Å². The number of carbonyl (C=O) groups excluding carboxylic acids is 1. The number of aliphatic hydroxyl groups excluding tert-OH is 1. The van der Waals surface area contributed by atoms with Crippen molar-refractivity contribution in [3.63, 3.8) is 0 Å². The number of nitrogens with one attached hydrogen (secondary N) is 1. The van der Waals surface area contributed by atoms with Crippen molar-refractivity contribution in [3.8, 4) is 0 Å². The highest BCUT2D eigenvalue weighted by molar-refractivity contribution is 5.89. The van der Waals surface area contributed by atoms with Crippen molar-refractivity contribution in [2.45, 2.75) is 52.8 Å². The molecular weight excluding hydrogens is 374 g/mol. The highest BCUT2D eigenvalue weighted by atomic mass is 16.3. The van der Waals surface area contributed by atoms with Crippen molar-refractivity contribution >= 4 is 17.1 Å². The molecule has 2 heterocycles.